The Morgan fingerprint density at radius 1 is 1.41 bits per heavy atom. The van der Waals surface area contributed by atoms with Crippen LogP contribution >= 0.6 is 11.5 Å². The van der Waals surface area contributed by atoms with Crippen LogP contribution in [0.15, 0.2) is 10.9 Å². The second kappa shape index (κ2) is 4.79. The molecule has 0 aromatic carbocycles. The molecule has 0 saturated heterocycles. The van der Waals surface area contributed by atoms with Gasteiger partial charge in [-0.05, 0) is 0 Å². The Morgan fingerprint density at radius 2 is 2.24 bits per heavy atom. The van der Waals surface area contributed by atoms with Crippen molar-refractivity contribution in [2.45, 2.75) is 32.6 Å². The molecule has 0 unspecified atom stereocenters. The first-order valence-corrected chi connectivity index (χ1v) is 6.16. The number of rotatable bonds is 4. The molecule has 17 heavy (non-hydrogen) atoms. The lowest BCUT2D eigenvalue weighted by Gasteiger charge is -2.12. The molecule has 1 N–H and O–H groups in total. The Bertz CT molecular complexity index is 459. The van der Waals surface area contributed by atoms with E-state index in [4.69, 9.17) is 0 Å². The van der Waals surface area contributed by atoms with Crippen molar-refractivity contribution in [1.29, 1.82) is 0 Å². The standard InChI is InChI=1S/C10H15N5OS/c1-10(2,3)8-13-9(17-15-8)11-5-4-7-12-6-16-14-7/h6H,4-5H2,1-3H3,(H,11,13,15). The molecule has 0 aliphatic heterocycles. The molecule has 0 radical (unpaired) electrons. The highest BCUT2D eigenvalue weighted by Gasteiger charge is 2.19. The quantitative estimate of drug-likeness (QED) is 0.896. The smallest absolute Gasteiger partial charge is 0.213 e. The van der Waals surface area contributed by atoms with Crippen molar-refractivity contribution in [3.63, 3.8) is 0 Å². The lowest BCUT2D eigenvalue weighted by molar-refractivity contribution is 0.410. The van der Waals surface area contributed by atoms with Crippen LogP contribution in [0.5, 0.6) is 0 Å². The van der Waals surface area contributed by atoms with E-state index in [2.05, 4.69) is 50.1 Å². The third-order valence-electron chi connectivity index (χ3n) is 2.13. The van der Waals surface area contributed by atoms with Crippen LogP contribution < -0.4 is 5.32 Å². The van der Waals surface area contributed by atoms with E-state index >= 15 is 0 Å². The van der Waals surface area contributed by atoms with Gasteiger partial charge in [0.2, 0.25) is 11.5 Å². The van der Waals surface area contributed by atoms with Crippen molar-refractivity contribution in [1.82, 2.24) is 19.5 Å². The van der Waals surface area contributed by atoms with E-state index in [1.54, 1.807) is 0 Å². The topological polar surface area (TPSA) is 76.7 Å². The first kappa shape index (κ1) is 12.0. The van der Waals surface area contributed by atoms with Gasteiger partial charge in [0.1, 0.15) is 5.82 Å². The van der Waals surface area contributed by atoms with Crippen LogP contribution in [0.1, 0.15) is 32.4 Å². The van der Waals surface area contributed by atoms with Gasteiger partial charge in [-0.3, -0.25) is 0 Å². The van der Waals surface area contributed by atoms with E-state index in [1.807, 2.05) is 0 Å². The average molecular weight is 253 g/mol. The number of hydrogen-bond acceptors (Lipinski definition) is 7. The predicted octanol–water partition coefficient (Wildman–Crippen LogP) is 1.87. The zero-order chi connectivity index (χ0) is 12.3. The van der Waals surface area contributed by atoms with E-state index in [0.29, 0.717) is 12.2 Å². The van der Waals surface area contributed by atoms with Gasteiger partial charge in [0.05, 0.1) is 0 Å². The maximum atomic E-state index is 4.65. The van der Waals surface area contributed by atoms with Crippen LogP contribution in [-0.4, -0.2) is 26.0 Å². The van der Waals surface area contributed by atoms with Crippen LogP contribution in [0, 0.1) is 0 Å². The molecule has 2 heterocycles. The fourth-order valence-electron chi connectivity index (χ4n) is 1.18. The third kappa shape index (κ3) is 3.23. The highest BCUT2D eigenvalue weighted by Crippen LogP contribution is 2.22. The Kier molecular flexibility index (Phi) is 3.37. The van der Waals surface area contributed by atoms with Gasteiger partial charge in [0.25, 0.3) is 0 Å². The second-order valence-corrected chi connectivity index (χ2v) is 5.45. The predicted molar refractivity (Wildman–Crippen MR) is 65.1 cm³/mol. The summed E-state index contributed by atoms with van der Waals surface area (Å²) >= 11 is 1.38. The summed E-state index contributed by atoms with van der Waals surface area (Å²) in [5.74, 6) is 1.56. The third-order valence-corrected chi connectivity index (χ3v) is 2.80. The Hall–Kier alpha value is -1.50. The van der Waals surface area contributed by atoms with Gasteiger partial charge in [-0.15, -0.1) is 0 Å². The Balaban J connectivity index is 1.85. The summed E-state index contributed by atoms with van der Waals surface area (Å²) < 4.78 is 8.97. The van der Waals surface area contributed by atoms with Gasteiger partial charge in [-0.25, -0.2) is 4.98 Å². The summed E-state index contributed by atoms with van der Waals surface area (Å²) in [4.78, 5) is 8.37. The van der Waals surface area contributed by atoms with E-state index in [-0.39, 0.29) is 5.41 Å². The molecule has 0 saturated carbocycles. The van der Waals surface area contributed by atoms with Crippen LogP contribution in [0.4, 0.5) is 5.13 Å². The summed E-state index contributed by atoms with van der Waals surface area (Å²) in [6.45, 7) is 7.01. The van der Waals surface area contributed by atoms with Gasteiger partial charge in [-0.1, -0.05) is 25.9 Å². The molecule has 0 amide bonds. The van der Waals surface area contributed by atoms with Gasteiger partial charge in [0.15, 0.2) is 5.82 Å². The van der Waals surface area contributed by atoms with Gasteiger partial charge < -0.3 is 9.84 Å². The second-order valence-electron chi connectivity index (χ2n) is 4.70. The van der Waals surface area contributed by atoms with E-state index in [9.17, 15) is 0 Å². The molecule has 2 aromatic rings. The molecule has 2 rings (SSSR count). The van der Waals surface area contributed by atoms with Crippen LogP contribution in [0.2, 0.25) is 0 Å². The molecule has 7 heteroatoms. The zero-order valence-electron chi connectivity index (χ0n) is 10.1. The fraction of sp³-hybridized carbons (Fsp3) is 0.600. The molecule has 0 aliphatic carbocycles. The molecule has 0 aliphatic rings. The van der Waals surface area contributed by atoms with Crippen LogP contribution in [-0.2, 0) is 11.8 Å². The SMILES string of the molecule is CC(C)(C)c1nsc(NCCc2ncon2)n1. The summed E-state index contributed by atoms with van der Waals surface area (Å²) in [6.07, 6.45) is 2.04. The van der Waals surface area contributed by atoms with Crippen molar-refractivity contribution >= 4 is 16.7 Å². The molecule has 0 spiro atoms. The lowest BCUT2D eigenvalue weighted by atomic mass is 9.96. The van der Waals surface area contributed by atoms with Crippen molar-refractivity contribution in [2.75, 3.05) is 11.9 Å². The van der Waals surface area contributed by atoms with Crippen molar-refractivity contribution < 1.29 is 4.52 Å². The minimum absolute atomic E-state index is 0.00982. The largest absolute Gasteiger partial charge is 0.360 e. The molecule has 0 bridgehead atoms. The van der Waals surface area contributed by atoms with Crippen LogP contribution in [0.3, 0.4) is 0 Å². The van der Waals surface area contributed by atoms with Gasteiger partial charge >= 0.3 is 0 Å². The normalized spacial score (nSPS) is 11.7. The molecule has 92 valence electrons. The van der Waals surface area contributed by atoms with Crippen molar-refractivity contribution in [2.24, 2.45) is 0 Å². The van der Waals surface area contributed by atoms with Crippen molar-refractivity contribution in [3.8, 4) is 0 Å². The Morgan fingerprint density at radius 3 is 2.82 bits per heavy atom. The zero-order valence-corrected chi connectivity index (χ0v) is 10.9. The molecule has 0 fully saturated rings. The summed E-state index contributed by atoms with van der Waals surface area (Å²) in [5, 5.41) is 7.76. The highest BCUT2D eigenvalue weighted by atomic mass is 32.1. The molecule has 6 nitrogen and oxygen atoms in total. The monoisotopic (exact) mass is 253 g/mol. The maximum absolute atomic E-state index is 4.65. The van der Waals surface area contributed by atoms with Gasteiger partial charge in [0, 0.05) is 29.9 Å². The minimum atomic E-state index is -0.00982. The highest BCUT2D eigenvalue weighted by molar-refractivity contribution is 7.09. The summed E-state index contributed by atoms with van der Waals surface area (Å²) in [6, 6.07) is 0. The molecular formula is C10H15N5OS. The van der Waals surface area contributed by atoms with E-state index in [1.165, 1.54) is 17.9 Å². The number of nitrogens with zero attached hydrogens (tertiary/aromatic N) is 4. The summed E-state index contributed by atoms with van der Waals surface area (Å²) in [7, 11) is 0. The Labute approximate surface area is 104 Å². The average Bonchev–Trinajstić information content (AvgIpc) is 2.86. The number of hydrogen-bond donors (Lipinski definition) is 1. The van der Waals surface area contributed by atoms with E-state index < -0.39 is 0 Å². The number of nitrogens with one attached hydrogen (secondary N) is 1. The molecular weight excluding hydrogens is 238 g/mol. The maximum Gasteiger partial charge on any atom is 0.213 e. The molecule has 0 atom stereocenters. The summed E-state index contributed by atoms with van der Waals surface area (Å²) in [5.41, 5.74) is -0.00982. The van der Waals surface area contributed by atoms with Crippen molar-refractivity contribution in [3.05, 3.63) is 18.0 Å². The fourth-order valence-corrected chi connectivity index (χ4v) is 1.97. The van der Waals surface area contributed by atoms with Crippen LogP contribution in [0.25, 0.3) is 0 Å². The first-order chi connectivity index (χ1) is 8.05. The number of anilines is 1. The number of aromatic nitrogens is 4. The van der Waals surface area contributed by atoms with Gasteiger partial charge in [-0.2, -0.15) is 9.36 Å². The lowest BCUT2D eigenvalue weighted by Crippen LogP contribution is -2.13. The molecule has 2 aromatic heterocycles. The minimum Gasteiger partial charge on any atom is -0.360 e. The first-order valence-electron chi connectivity index (χ1n) is 5.39. The van der Waals surface area contributed by atoms with E-state index in [0.717, 1.165) is 17.5 Å².